The quantitative estimate of drug-likeness (QED) is 0.900. The number of benzene rings is 1. The van der Waals surface area contributed by atoms with Crippen LogP contribution in [0.4, 0.5) is 0 Å². The lowest BCUT2D eigenvalue weighted by Gasteiger charge is -2.40. The fourth-order valence-electron chi connectivity index (χ4n) is 3.74. The molecule has 3 nitrogen and oxygen atoms in total. The van der Waals surface area contributed by atoms with E-state index < -0.39 is 0 Å². The van der Waals surface area contributed by atoms with Crippen LogP contribution in [0.15, 0.2) is 22.7 Å². The largest absolute Gasteiger partial charge is 0.378 e. The van der Waals surface area contributed by atoms with Gasteiger partial charge in [0.05, 0.1) is 12.2 Å². The van der Waals surface area contributed by atoms with Crippen molar-refractivity contribution in [2.75, 3.05) is 26.9 Å². The van der Waals surface area contributed by atoms with Crippen molar-refractivity contribution in [1.82, 2.24) is 5.32 Å². The Labute approximate surface area is 135 Å². The molecule has 1 aromatic rings. The van der Waals surface area contributed by atoms with Crippen molar-refractivity contribution in [2.24, 2.45) is 5.92 Å². The number of hydrogen-bond acceptors (Lipinski definition) is 3. The van der Waals surface area contributed by atoms with Crippen LogP contribution in [0, 0.1) is 12.8 Å². The van der Waals surface area contributed by atoms with Crippen molar-refractivity contribution in [2.45, 2.75) is 37.8 Å². The molecule has 2 heterocycles. The predicted octanol–water partition coefficient (Wildman–Crippen LogP) is 3.60. The monoisotopic (exact) mass is 353 g/mol. The Hall–Kier alpha value is -0.420. The van der Waals surface area contributed by atoms with E-state index in [9.17, 15) is 0 Å². The molecule has 1 N–H and O–H groups in total. The zero-order chi connectivity index (χ0) is 14.9. The summed E-state index contributed by atoms with van der Waals surface area (Å²) < 4.78 is 12.9. The summed E-state index contributed by atoms with van der Waals surface area (Å²) >= 11 is 3.73. The fraction of sp³-hybridized carbons (Fsp3) is 0.647. The summed E-state index contributed by atoms with van der Waals surface area (Å²) in [5, 5.41) is 3.53. The summed E-state index contributed by atoms with van der Waals surface area (Å²) in [6.07, 6.45) is 3.22. The number of halogens is 1. The van der Waals surface area contributed by atoms with E-state index in [2.05, 4.69) is 53.4 Å². The third kappa shape index (κ3) is 3.19. The Bertz CT molecular complexity index is 500. The second kappa shape index (κ2) is 6.37. The smallest absolute Gasteiger partial charge is 0.0940 e. The molecule has 0 bridgehead atoms. The van der Waals surface area contributed by atoms with E-state index in [4.69, 9.17) is 9.47 Å². The summed E-state index contributed by atoms with van der Waals surface area (Å²) in [6, 6.07) is 7.00. The molecule has 2 saturated heterocycles. The first-order valence-corrected chi connectivity index (χ1v) is 8.58. The third-order valence-electron chi connectivity index (χ3n) is 4.87. The highest BCUT2D eigenvalue weighted by Gasteiger charge is 2.43. The molecule has 1 aromatic carbocycles. The van der Waals surface area contributed by atoms with E-state index >= 15 is 0 Å². The normalized spacial score (nSPS) is 30.7. The van der Waals surface area contributed by atoms with Crippen LogP contribution in [-0.2, 0) is 9.47 Å². The molecule has 0 aliphatic carbocycles. The van der Waals surface area contributed by atoms with Crippen LogP contribution >= 0.6 is 15.9 Å². The van der Waals surface area contributed by atoms with E-state index in [1.807, 2.05) is 0 Å². The average molecular weight is 354 g/mol. The van der Waals surface area contributed by atoms with Gasteiger partial charge in [0.2, 0.25) is 0 Å². The summed E-state index contributed by atoms with van der Waals surface area (Å²) in [5.74, 6) is 0.587. The Morgan fingerprint density at radius 3 is 2.90 bits per heavy atom. The van der Waals surface area contributed by atoms with Crippen LogP contribution in [0.1, 0.15) is 36.4 Å². The molecule has 1 spiro atoms. The molecule has 0 amide bonds. The van der Waals surface area contributed by atoms with Crippen molar-refractivity contribution in [3.8, 4) is 0 Å². The molecule has 21 heavy (non-hydrogen) atoms. The van der Waals surface area contributed by atoms with Crippen molar-refractivity contribution in [3.05, 3.63) is 33.8 Å². The summed E-state index contributed by atoms with van der Waals surface area (Å²) in [5.41, 5.74) is 2.60. The maximum atomic E-state index is 6.07. The molecule has 3 unspecified atom stereocenters. The van der Waals surface area contributed by atoms with Crippen LogP contribution in [-0.4, -0.2) is 32.5 Å². The molecule has 3 atom stereocenters. The van der Waals surface area contributed by atoms with Gasteiger partial charge in [-0.2, -0.15) is 0 Å². The molecule has 0 radical (unpaired) electrons. The highest BCUT2D eigenvalue weighted by molar-refractivity contribution is 9.10. The first-order valence-electron chi connectivity index (χ1n) is 7.79. The van der Waals surface area contributed by atoms with Gasteiger partial charge in [-0.05, 0) is 49.9 Å². The number of hydrogen-bond donors (Lipinski definition) is 1. The number of ether oxygens (including phenoxy) is 2. The van der Waals surface area contributed by atoms with Crippen molar-refractivity contribution in [3.63, 3.8) is 0 Å². The van der Waals surface area contributed by atoms with Crippen LogP contribution in [0.5, 0.6) is 0 Å². The standard InChI is InChI=1S/C17H24BrNO2/c1-12-3-4-14(15(18)9-12)16(19-2)13-5-7-21-17(10-13)6-8-20-11-17/h3-4,9,13,16,19H,5-8,10-11H2,1-2H3. The lowest BCUT2D eigenvalue weighted by molar-refractivity contribution is -0.103. The zero-order valence-electron chi connectivity index (χ0n) is 12.8. The van der Waals surface area contributed by atoms with Gasteiger partial charge in [-0.3, -0.25) is 0 Å². The molecule has 0 aromatic heterocycles. The summed E-state index contributed by atoms with van der Waals surface area (Å²) in [4.78, 5) is 0. The van der Waals surface area contributed by atoms with E-state index in [0.29, 0.717) is 12.0 Å². The summed E-state index contributed by atoms with van der Waals surface area (Å²) in [6.45, 7) is 4.57. The molecule has 2 fully saturated rings. The molecule has 2 aliphatic heterocycles. The van der Waals surface area contributed by atoms with Gasteiger partial charge in [0.25, 0.3) is 0 Å². The molecule has 0 saturated carbocycles. The topological polar surface area (TPSA) is 30.5 Å². The highest BCUT2D eigenvalue weighted by atomic mass is 79.9. The van der Waals surface area contributed by atoms with Crippen LogP contribution in [0.25, 0.3) is 0 Å². The Morgan fingerprint density at radius 1 is 1.38 bits per heavy atom. The van der Waals surface area contributed by atoms with E-state index in [1.54, 1.807) is 0 Å². The van der Waals surface area contributed by atoms with Gasteiger partial charge in [0.1, 0.15) is 0 Å². The van der Waals surface area contributed by atoms with Crippen molar-refractivity contribution >= 4 is 15.9 Å². The zero-order valence-corrected chi connectivity index (χ0v) is 14.4. The van der Waals surface area contributed by atoms with Gasteiger partial charge in [-0.25, -0.2) is 0 Å². The van der Waals surface area contributed by atoms with Gasteiger partial charge in [-0.15, -0.1) is 0 Å². The molecule has 4 heteroatoms. The molecule has 116 valence electrons. The maximum Gasteiger partial charge on any atom is 0.0940 e. The van der Waals surface area contributed by atoms with E-state index in [1.165, 1.54) is 15.6 Å². The first kappa shape index (κ1) is 15.5. The molecular weight excluding hydrogens is 330 g/mol. The minimum absolute atomic E-state index is 0.0325. The van der Waals surface area contributed by atoms with Gasteiger partial charge in [0.15, 0.2) is 0 Å². The summed E-state index contributed by atoms with van der Waals surface area (Å²) in [7, 11) is 2.06. The Morgan fingerprint density at radius 2 is 2.24 bits per heavy atom. The van der Waals surface area contributed by atoms with Gasteiger partial charge < -0.3 is 14.8 Å². The lowest BCUT2D eigenvalue weighted by atomic mass is 9.79. The second-order valence-corrected chi connectivity index (χ2v) is 7.23. The third-order valence-corrected chi connectivity index (χ3v) is 5.56. The van der Waals surface area contributed by atoms with Gasteiger partial charge in [0, 0.05) is 30.1 Å². The maximum absolute atomic E-state index is 6.07. The lowest BCUT2D eigenvalue weighted by Crippen LogP contribution is -2.43. The minimum atomic E-state index is -0.0325. The van der Waals surface area contributed by atoms with E-state index in [0.717, 1.165) is 39.1 Å². The number of aryl methyl sites for hydroxylation is 1. The molecule has 3 rings (SSSR count). The molecular formula is C17H24BrNO2. The predicted molar refractivity (Wildman–Crippen MR) is 87.5 cm³/mol. The van der Waals surface area contributed by atoms with Gasteiger partial charge in [-0.1, -0.05) is 28.1 Å². The van der Waals surface area contributed by atoms with E-state index in [-0.39, 0.29) is 5.60 Å². The van der Waals surface area contributed by atoms with Crippen LogP contribution < -0.4 is 5.32 Å². The van der Waals surface area contributed by atoms with Crippen LogP contribution in [0.2, 0.25) is 0 Å². The van der Waals surface area contributed by atoms with Gasteiger partial charge >= 0.3 is 0 Å². The fourth-order valence-corrected chi connectivity index (χ4v) is 4.48. The minimum Gasteiger partial charge on any atom is -0.378 e. The Balaban J connectivity index is 1.82. The second-order valence-electron chi connectivity index (χ2n) is 6.38. The molecule has 2 aliphatic rings. The SMILES string of the molecule is CNC(c1ccc(C)cc1Br)C1CCOC2(CCOC2)C1. The highest BCUT2D eigenvalue weighted by Crippen LogP contribution is 2.42. The Kier molecular flexibility index (Phi) is 4.69. The number of nitrogens with one attached hydrogen (secondary N) is 1. The first-order chi connectivity index (χ1) is 10.1. The van der Waals surface area contributed by atoms with Crippen molar-refractivity contribution < 1.29 is 9.47 Å². The van der Waals surface area contributed by atoms with Crippen molar-refractivity contribution in [1.29, 1.82) is 0 Å². The average Bonchev–Trinajstić information content (AvgIpc) is 2.90. The van der Waals surface area contributed by atoms with Crippen LogP contribution in [0.3, 0.4) is 0 Å². The number of rotatable bonds is 3.